The van der Waals surface area contributed by atoms with Gasteiger partial charge in [-0.3, -0.25) is 0 Å². The molecule has 0 spiro atoms. The van der Waals surface area contributed by atoms with Crippen LogP contribution in [0.3, 0.4) is 0 Å². The van der Waals surface area contributed by atoms with Crippen LogP contribution in [-0.2, 0) is 6.42 Å². The van der Waals surface area contributed by atoms with Crippen molar-refractivity contribution in [2.45, 2.75) is 27.2 Å². The van der Waals surface area contributed by atoms with E-state index in [1.807, 2.05) is 32.0 Å². The molecule has 0 saturated heterocycles. The number of hydrogen-bond donors (Lipinski definition) is 2. The summed E-state index contributed by atoms with van der Waals surface area (Å²) in [6.07, 6.45) is 2.40. The highest BCUT2D eigenvalue weighted by Crippen LogP contribution is 2.30. The fourth-order valence-corrected chi connectivity index (χ4v) is 2.35. The van der Waals surface area contributed by atoms with Gasteiger partial charge in [-0.2, -0.15) is 0 Å². The summed E-state index contributed by atoms with van der Waals surface area (Å²) >= 11 is 6.25. The minimum Gasteiger partial charge on any atom is -0.370 e. The number of para-hydroxylation sites is 1. The standard InChI is InChI=1S/C15H19ClN4/c1-4-11-14(17-5-2)18-9-19-15(11)20-13-10(3)7-6-8-12(13)16/h6-9H,4-5H2,1-3H3,(H2,17,18,19,20). The highest BCUT2D eigenvalue weighted by atomic mass is 35.5. The van der Waals surface area contributed by atoms with E-state index >= 15 is 0 Å². The SMILES string of the molecule is CCNc1ncnc(Nc2c(C)cccc2Cl)c1CC. The normalized spacial score (nSPS) is 10.4. The molecule has 0 aliphatic heterocycles. The van der Waals surface area contributed by atoms with Gasteiger partial charge in [-0.05, 0) is 31.9 Å². The van der Waals surface area contributed by atoms with Crippen molar-refractivity contribution in [3.63, 3.8) is 0 Å². The van der Waals surface area contributed by atoms with Crippen molar-refractivity contribution < 1.29 is 0 Å². The van der Waals surface area contributed by atoms with Gasteiger partial charge in [-0.25, -0.2) is 9.97 Å². The van der Waals surface area contributed by atoms with Gasteiger partial charge in [0.1, 0.15) is 18.0 Å². The molecule has 1 aromatic carbocycles. The van der Waals surface area contributed by atoms with Gasteiger partial charge in [0.25, 0.3) is 0 Å². The third-order valence-electron chi connectivity index (χ3n) is 3.11. The van der Waals surface area contributed by atoms with E-state index in [0.717, 1.165) is 41.4 Å². The summed E-state index contributed by atoms with van der Waals surface area (Å²) < 4.78 is 0. The smallest absolute Gasteiger partial charge is 0.139 e. The number of benzene rings is 1. The molecule has 0 bridgehead atoms. The molecule has 0 atom stereocenters. The zero-order valence-corrected chi connectivity index (χ0v) is 12.8. The topological polar surface area (TPSA) is 49.8 Å². The molecule has 5 heteroatoms. The van der Waals surface area contributed by atoms with Crippen LogP contribution in [0.5, 0.6) is 0 Å². The Morgan fingerprint density at radius 3 is 2.55 bits per heavy atom. The molecule has 20 heavy (non-hydrogen) atoms. The fraction of sp³-hybridized carbons (Fsp3) is 0.333. The largest absolute Gasteiger partial charge is 0.370 e. The molecule has 0 amide bonds. The molecule has 2 aromatic rings. The first-order valence-corrected chi connectivity index (χ1v) is 7.15. The molecular formula is C15H19ClN4. The van der Waals surface area contributed by atoms with Crippen LogP contribution >= 0.6 is 11.6 Å². The number of aryl methyl sites for hydroxylation is 1. The Bertz CT molecular complexity index is 578. The van der Waals surface area contributed by atoms with Gasteiger partial charge >= 0.3 is 0 Å². The van der Waals surface area contributed by atoms with E-state index in [-0.39, 0.29) is 0 Å². The van der Waals surface area contributed by atoms with Gasteiger partial charge in [-0.1, -0.05) is 30.7 Å². The molecule has 2 N–H and O–H groups in total. The number of nitrogens with zero attached hydrogens (tertiary/aromatic N) is 2. The first-order chi connectivity index (χ1) is 9.67. The average molecular weight is 291 g/mol. The summed E-state index contributed by atoms with van der Waals surface area (Å²) in [5.74, 6) is 1.67. The fourth-order valence-electron chi connectivity index (χ4n) is 2.08. The summed E-state index contributed by atoms with van der Waals surface area (Å²) in [6.45, 7) is 6.98. The molecule has 0 unspecified atom stereocenters. The average Bonchev–Trinajstić information content (AvgIpc) is 2.43. The van der Waals surface area contributed by atoms with Crippen LogP contribution in [0.4, 0.5) is 17.3 Å². The Morgan fingerprint density at radius 1 is 1.15 bits per heavy atom. The Balaban J connectivity index is 2.41. The molecule has 4 nitrogen and oxygen atoms in total. The van der Waals surface area contributed by atoms with E-state index in [4.69, 9.17) is 11.6 Å². The van der Waals surface area contributed by atoms with Gasteiger partial charge < -0.3 is 10.6 Å². The summed E-state index contributed by atoms with van der Waals surface area (Å²) in [4.78, 5) is 8.64. The van der Waals surface area contributed by atoms with Crippen LogP contribution in [0, 0.1) is 6.92 Å². The number of rotatable bonds is 5. The van der Waals surface area contributed by atoms with E-state index in [0.29, 0.717) is 5.02 Å². The zero-order chi connectivity index (χ0) is 14.5. The van der Waals surface area contributed by atoms with Crippen LogP contribution in [0.25, 0.3) is 0 Å². The molecule has 0 aliphatic carbocycles. The van der Waals surface area contributed by atoms with Gasteiger partial charge in [0, 0.05) is 12.1 Å². The predicted molar refractivity (Wildman–Crippen MR) is 85.0 cm³/mol. The van der Waals surface area contributed by atoms with E-state index in [2.05, 4.69) is 27.5 Å². The second-order valence-corrected chi connectivity index (χ2v) is 4.90. The maximum atomic E-state index is 6.25. The van der Waals surface area contributed by atoms with E-state index in [1.165, 1.54) is 0 Å². The number of halogens is 1. The number of nitrogens with one attached hydrogen (secondary N) is 2. The van der Waals surface area contributed by atoms with Crippen LogP contribution in [-0.4, -0.2) is 16.5 Å². The Kier molecular flexibility index (Phi) is 4.79. The van der Waals surface area contributed by atoms with E-state index in [9.17, 15) is 0 Å². The molecule has 1 heterocycles. The molecule has 0 radical (unpaired) electrons. The van der Waals surface area contributed by atoms with Crippen molar-refractivity contribution >= 4 is 28.9 Å². The summed E-state index contributed by atoms with van der Waals surface area (Å²) in [7, 11) is 0. The summed E-state index contributed by atoms with van der Waals surface area (Å²) in [5.41, 5.74) is 3.04. The van der Waals surface area contributed by atoms with Gasteiger partial charge in [0.05, 0.1) is 10.7 Å². The molecule has 0 fully saturated rings. The minimum atomic E-state index is 0.690. The maximum absolute atomic E-state index is 6.25. The predicted octanol–water partition coefficient (Wildman–Crippen LogP) is 4.18. The quantitative estimate of drug-likeness (QED) is 0.867. The maximum Gasteiger partial charge on any atom is 0.139 e. The van der Waals surface area contributed by atoms with Crippen molar-refractivity contribution in [3.05, 3.63) is 40.7 Å². The zero-order valence-electron chi connectivity index (χ0n) is 12.0. The summed E-state index contributed by atoms with van der Waals surface area (Å²) in [6, 6.07) is 5.83. The molecule has 0 aliphatic rings. The van der Waals surface area contributed by atoms with Gasteiger partial charge in [0.15, 0.2) is 0 Å². The molecular weight excluding hydrogens is 272 g/mol. The second-order valence-electron chi connectivity index (χ2n) is 4.49. The lowest BCUT2D eigenvalue weighted by atomic mass is 10.1. The highest BCUT2D eigenvalue weighted by molar-refractivity contribution is 6.33. The second kappa shape index (κ2) is 6.57. The minimum absolute atomic E-state index is 0.690. The number of aromatic nitrogens is 2. The van der Waals surface area contributed by atoms with Crippen LogP contribution in [0.15, 0.2) is 24.5 Å². The van der Waals surface area contributed by atoms with Crippen molar-refractivity contribution in [2.24, 2.45) is 0 Å². The lowest BCUT2D eigenvalue weighted by Gasteiger charge is -2.15. The monoisotopic (exact) mass is 290 g/mol. The molecule has 0 saturated carbocycles. The molecule has 1 aromatic heterocycles. The van der Waals surface area contributed by atoms with Gasteiger partial charge in [0.2, 0.25) is 0 Å². The Hall–Kier alpha value is -1.81. The van der Waals surface area contributed by atoms with Crippen molar-refractivity contribution in [1.29, 1.82) is 0 Å². The van der Waals surface area contributed by atoms with E-state index in [1.54, 1.807) is 6.33 Å². The van der Waals surface area contributed by atoms with Crippen LogP contribution < -0.4 is 10.6 Å². The van der Waals surface area contributed by atoms with E-state index < -0.39 is 0 Å². The van der Waals surface area contributed by atoms with Crippen molar-refractivity contribution in [3.8, 4) is 0 Å². The number of anilines is 3. The van der Waals surface area contributed by atoms with Crippen LogP contribution in [0.2, 0.25) is 5.02 Å². The third kappa shape index (κ3) is 3.02. The first-order valence-electron chi connectivity index (χ1n) is 6.77. The highest BCUT2D eigenvalue weighted by Gasteiger charge is 2.11. The first kappa shape index (κ1) is 14.6. The lowest BCUT2D eigenvalue weighted by Crippen LogP contribution is -2.08. The lowest BCUT2D eigenvalue weighted by molar-refractivity contribution is 1.03. The third-order valence-corrected chi connectivity index (χ3v) is 3.42. The number of hydrogen-bond acceptors (Lipinski definition) is 4. The van der Waals surface area contributed by atoms with Crippen molar-refractivity contribution in [1.82, 2.24) is 9.97 Å². The molecule has 106 valence electrons. The Morgan fingerprint density at radius 2 is 1.90 bits per heavy atom. The molecule has 2 rings (SSSR count). The van der Waals surface area contributed by atoms with Gasteiger partial charge in [-0.15, -0.1) is 0 Å². The Labute approximate surface area is 124 Å². The summed E-state index contributed by atoms with van der Waals surface area (Å²) in [5, 5.41) is 7.28. The van der Waals surface area contributed by atoms with Crippen LogP contribution in [0.1, 0.15) is 25.0 Å². The van der Waals surface area contributed by atoms with Crippen molar-refractivity contribution in [2.75, 3.05) is 17.2 Å².